The first-order valence-electron chi connectivity index (χ1n) is 5.69. The molecule has 4 nitrogen and oxygen atoms in total. The molecular formula is C13H13N3O. The molecule has 1 heterocycles. The Kier molecular flexibility index (Phi) is 2.21. The highest BCUT2D eigenvalue weighted by molar-refractivity contribution is 5.61. The van der Waals surface area contributed by atoms with Gasteiger partial charge in [-0.15, -0.1) is 0 Å². The summed E-state index contributed by atoms with van der Waals surface area (Å²) in [6.45, 7) is 0. The van der Waals surface area contributed by atoms with Crippen LogP contribution in [0.2, 0.25) is 0 Å². The van der Waals surface area contributed by atoms with Gasteiger partial charge in [-0.3, -0.25) is 0 Å². The number of nitrogens with two attached hydrogens (primary N) is 1. The minimum Gasteiger partial charge on any atom is -0.508 e. The predicted molar refractivity (Wildman–Crippen MR) is 65.6 cm³/mol. The molecule has 0 saturated heterocycles. The van der Waals surface area contributed by atoms with Crippen LogP contribution in [0.5, 0.6) is 5.75 Å². The van der Waals surface area contributed by atoms with E-state index in [0.29, 0.717) is 11.6 Å². The maximum absolute atomic E-state index is 9.45. The first-order chi connectivity index (χ1) is 8.24. The number of hydrogen-bond acceptors (Lipinski definition) is 4. The molecule has 86 valence electrons. The normalized spacial score (nSPS) is 13.6. The van der Waals surface area contributed by atoms with E-state index in [0.717, 1.165) is 36.1 Å². The van der Waals surface area contributed by atoms with Crippen molar-refractivity contribution < 1.29 is 5.11 Å². The van der Waals surface area contributed by atoms with Gasteiger partial charge in [0.15, 0.2) is 5.82 Å². The van der Waals surface area contributed by atoms with E-state index < -0.39 is 0 Å². The van der Waals surface area contributed by atoms with E-state index in [-0.39, 0.29) is 5.75 Å². The van der Waals surface area contributed by atoms with Crippen molar-refractivity contribution >= 4 is 5.82 Å². The number of nitrogen functional groups attached to an aromatic ring is 1. The average molecular weight is 227 g/mol. The number of rotatable bonds is 1. The minimum absolute atomic E-state index is 0.213. The summed E-state index contributed by atoms with van der Waals surface area (Å²) in [4.78, 5) is 8.83. The largest absolute Gasteiger partial charge is 0.508 e. The van der Waals surface area contributed by atoms with E-state index in [1.807, 2.05) is 6.07 Å². The quantitative estimate of drug-likeness (QED) is 0.780. The molecule has 0 radical (unpaired) electrons. The number of nitrogens with zero attached hydrogens (tertiary/aromatic N) is 2. The van der Waals surface area contributed by atoms with Gasteiger partial charge in [-0.25, -0.2) is 9.97 Å². The third-order valence-electron chi connectivity index (χ3n) is 3.07. The Morgan fingerprint density at radius 3 is 2.88 bits per heavy atom. The standard InChI is InChI=1S/C13H13N3O/c14-12-10-5-2-6-11(10)15-13(16-12)8-3-1-4-9(17)7-8/h1,3-4,7,17H,2,5-6H2,(H2,14,15,16). The van der Waals surface area contributed by atoms with Gasteiger partial charge in [0.05, 0.1) is 0 Å². The Bertz CT molecular complexity index is 581. The molecule has 17 heavy (non-hydrogen) atoms. The number of aromatic hydroxyl groups is 1. The van der Waals surface area contributed by atoms with Gasteiger partial charge in [0.25, 0.3) is 0 Å². The van der Waals surface area contributed by atoms with E-state index in [1.54, 1.807) is 18.2 Å². The molecule has 0 fully saturated rings. The van der Waals surface area contributed by atoms with E-state index in [2.05, 4.69) is 9.97 Å². The molecule has 3 N–H and O–H groups in total. The molecule has 0 spiro atoms. The SMILES string of the molecule is Nc1nc(-c2cccc(O)c2)nc2c1CCC2. The van der Waals surface area contributed by atoms with Crippen molar-refractivity contribution in [3.05, 3.63) is 35.5 Å². The zero-order valence-corrected chi connectivity index (χ0v) is 9.35. The van der Waals surface area contributed by atoms with Gasteiger partial charge in [0.1, 0.15) is 11.6 Å². The second-order valence-corrected chi connectivity index (χ2v) is 4.26. The van der Waals surface area contributed by atoms with Gasteiger partial charge in [-0.05, 0) is 31.4 Å². The van der Waals surface area contributed by atoms with E-state index in [4.69, 9.17) is 5.73 Å². The van der Waals surface area contributed by atoms with Crippen LogP contribution in [0.15, 0.2) is 24.3 Å². The van der Waals surface area contributed by atoms with Gasteiger partial charge in [-0.1, -0.05) is 12.1 Å². The summed E-state index contributed by atoms with van der Waals surface area (Å²) < 4.78 is 0. The molecule has 2 aromatic rings. The highest BCUT2D eigenvalue weighted by atomic mass is 16.3. The summed E-state index contributed by atoms with van der Waals surface area (Å²) in [6, 6.07) is 6.92. The van der Waals surface area contributed by atoms with Crippen molar-refractivity contribution in [3.8, 4) is 17.1 Å². The molecule has 1 aliphatic rings. The molecular weight excluding hydrogens is 214 g/mol. The Morgan fingerprint density at radius 2 is 2.06 bits per heavy atom. The Labute approximate surface area is 99.2 Å². The van der Waals surface area contributed by atoms with Gasteiger partial charge in [0, 0.05) is 16.8 Å². The Balaban J connectivity index is 2.13. The summed E-state index contributed by atoms with van der Waals surface area (Å²) in [6.07, 6.45) is 3.03. The lowest BCUT2D eigenvalue weighted by molar-refractivity contribution is 0.475. The molecule has 0 atom stereocenters. The zero-order chi connectivity index (χ0) is 11.8. The Morgan fingerprint density at radius 1 is 1.18 bits per heavy atom. The summed E-state index contributed by atoms with van der Waals surface area (Å²) >= 11 is 0. The van der Waals surface area contributed by atoms with Crippen LogP contribution in [0.3, 0.4) is 0 Å². The number of phenols is 1. The maximum atomic E-state index is 9.45. The van der Waals surface area contributed by atoms with E-state index in [9.17, 15) is 5.11 Å². The number of benzene rings is 1. The monoisotopic (exact) mass is 227 g/mol. The highest BCUT2D eigenvalue weighted by Crippen LogP contribution is 2.28. The topological polar surface area (TPSA) is 72.0 Å². The molecule has 4 heteroatoms. The summed E-state index contributed by atoms with van der Waals surface area (Å²) in [5, 5.41) is 9.45. The summed E-state index contributed by atoms with van der Waals surface area (Å²) in [7, 11) is 0. The lowest BCUT2D eigenvalue weighted by Crippen LogP contribution is -2.02. The molecule has 0 saturated carbocycles. The van der Waals surface area contributed by atoms with Gasteiger partial charge in [0.2, 0.25) is 0 Å². The second-order valence-electron chi connectivity index (χ2n) is 4.26. The number of fused-ring (bicyclic) bond motifs is 1. The first kappa shape index (κ1) is 10.1. The number of anilines is 1. The number of phenolic OH excluding ortho intramolecular Hbond substituents is 1. The number of aryl methyl sites for hydroxylation is 1. The van der Waals surface area contributed by atoms with Gasteiger partial charge in [-0.2, -0.15) is 0 Å². The number of hydrogen-bond donors (Lipinski definition) is 2. The average Bonchev–Trinajstić information content (AvgIpc) is 2.77. The lowest BCUT2D eigenvalue weighted by Gasteiger charge is -2.06. The molecule has 0 aliphatic heterocycles. The van der Waals surface area contributed by atoms with Crippen molar-refractivity contribution in [1.29, 1.82) is 0 Å². The van der Waals surface area contributed by atoms with E-state index >= 15 is 0 Å². The van der Waals surface area contributed by atoms with Crippen molar-refractivity contribution in [3.63, 3.8) is 0 Å². The minimum atomic E-state index is 0.213. The van der Waals surface area contributed by atoms with Crippen LogP contribution in [-0.4, -0.2) is 15.1 Å². The molecule has 3 rings (SSSR count). The van der Waals surface area contributed by atoms with Crippen LogP contribution in [-0.2, 0) is 12.8 Å². The van der Waals surface area contributed by atoms with Crippen LogP contribution in [0.1, 0.15) is 17.7 Å². The van der Waals surface area contributed by atoms with E-state index in [1.165, 1.54) is 0 Å². The molecule has 1 aromatic heterocycles. The fourth-order valence-electron chi connectivity index (χ4n) is 2.24. The van der Waals surface area contributed by atoms with Crippen LogP contribution in [0, 0.1) is 0 Å². The third-order valence-corrected chi connectivity index (χ3v) is 3.07. The molecule has 1 aliphatic carbocycles. The van der Waals surface area contributed by atoms with Gasteiger partial charge >= 0.3 is 0 Å². The summed E-state index contributed by atoms with van der Waals surface area (Å²) in [5.41, 5.74) is 8.88. The molecule has 0 unspecified atom stereocenters. The Hall–Kier alpha value is -2.10. The number of aromatic nitrogens is 2. The molecule has 1 aromatic carbocycles. The predicted octanol–water partition coefficient (Wildman–Crippen LogP) is 1.92. The molecule has 0 amide bonds. The second kappa shape index (κ2) is 3.73. The first-order valence-corrected chi connectivity index (χ1v) is 5.69. The lowest BCUT2D eigenvalue weighted by atomic mass is 10.2. The van der Waals surface area contributed by atoms with Crippen LogP contribution in [0.25, 0.3) is 11.4 Å². The van der Waals surface area contributed by atoms with Crippen LogP contribution in [0.4, 0.5) is 5.82 Å². The molecule has 0 bridgehead atoms. The fourth-order valence-corrected chi connectivity index (χ4v) is 2.24. The maximum Gasteiger partial charge on any atom is 0.161 e. The third kappa shape index (κ3) is 1.71. The van der Waals surface area contributed by atoms with Crippen molar-refractivity contribution in [2.24, 2.45) is 0 Å². The zero-order valence-electron chi connectivity index (χ0n) is 9.35. The van der Waals surface area contributed by atoms with Crippen molar-refractivity contribution in [1.82, 2.24) is 9.97 Å². The summed E-state index contributed by atoms with van der Waals surface area (Å²) in [5.74, 6) is 1.38. The van der Waals surface area contributed by atoms with Crippen molar-refractivity contribution in [2.45, 2.75) is 19.3 Å². The highest BCUT2D eigenvalue weighted by Gasteiger charge is 2.18. The smallest absolute Gasteiger partial charge is 0.161 e. The van der Waals surface area contributed by atoms with Gasteiger partial charge < -0.3 is 10.8 Å². The van der Waals surface area contributed by atoms with Crippen LogP contribution >= 0.6 is 0 Å². The fraction of sp³-hybridized carbons (Fsp3) is 0.231. The van der Waals surface area contributed by atoms with Crippen molar-refractivity contribution in [2.75, 3.05) is 5.73 Å². The van der Waals surface area contributed by atoms with Crippen LogP contribution < -0.4 is 5.73 Å².